The van der Waals surface area contributed by atoms with Crippen molar-refractivity contribution in [3.05, 3.63) is 229 Å². The summed E-state index contributed by atoms with van der Waals surface area (Å²) in [7, 11) is 0. The third kappa shape index (κ3) is 6.06. The molecule has 10 aromatic rings. The Hall–Kier alpha value is -7.82. The first-order valence-corrected chi connectivity index (χ1v) is 21.8. The Morgan fingerprint density at radius 1 is 0.371 bits per heavy atom. The fourth-order valence-electron chi connectivity index (χ4n) is 9.72. The molecule has 0 amide bonds. The number of aromatic nitrogens is 3. The van der Waals surface area contributed by atoms with E-state index in [4.69, 9.17) is 0 Å². The highest BCUT2D eigenvalue weighted by Gasteiger charge is 2.21. The van der Waals surface area contributed by atoms with Crippen LogP contribution in [0.2, 0.25) is 0 Å². The Balaban J connectivity index is 0.00000213. The van der Waals surface area contributed by atoms with Gasteiger partial charge >= 0.3 is 0 Å². The molecule has 0 atom stereocenters. The number of nitrogens with zero attached hydrogens (tertiary/aromatic N) is 4. The SMILES string of the molecule is C1=CCc2c(n(-c3ccc(N(c4ccc(-n5c6c(c7ccccc75)C=CC=CC6)cc4)c4ccc(-n5c6ccccc6c6ccccc65)cc4)cc3)c3ccccc23)C=C1.CC. The van der Waals surface area contributed by atoms with Gasteiger partial charge in [-0.2, -0.15) is 0 Å². The number of para-hydroxylation sites is 4. The van der Waals surface area contributed by atoms with E-state index in [1.54, 1.807) is 0 Å². The maximum atomic E-state index is 2.43. The van der Waals surface area contributed by atoms with Crippen LogP contribution < -0.4 is 4.90 Å². The van der Waals surface area contributed by atoms with Gasteiger partial charge < -0.3 is 18.6 Å². The van der Waals surface area contributed by atoms with Crippen molar-refractivity contribution in [3.63, 3.8) is 0 Å². The van der Waals surface area contributed by atoms with Gasteiger partial charge in [-0.15, -0.1) is 0 Å². The molecule has 4 nitrogen and oxygen atoms in total. The molecule has 0 fully saturated rings. The lowest BCUT2D eigenvalue weighted by molar-refractivity contribution is 1.00. The average molecular weight is 799 g/mol. The molecule has 298 valence electrons. The standard InChI is InChI=1S/C56H40N4.C2H6/c1-3-15-45-47-17-7-11-23-53(47)58(51(45)21-5-1)42-33-27-39(28-34-42)57(41-31-37-44(38-32-41)60-55-25-13-9-19-49(55)50-20-10-14-26-56(50)60)40-29-35-43(36-30-40)59-52-22-6-2-4-16-46(52)48-18-8-12-24-54(48)59;1-2/h1-15,17-20,22-38H,16,21H2;1-2H3. The summed E-state index contributed by atoms with van der Waals surface area (Å²) in [4.78, 5) is 2.38. The first-order valence-electron chi connectivity index (χ1n) is 21.8. The summed E-state index contributed by atoms with van der Waals surface area (Å²) < 4.78 is 7.22. The van der Waals surface area contributed by atoms with Crippen LogP contribution in [-0.2, 0) is 12.8 Å². The second-order valence-electron chi connectivity index (χ2n) is 15.7. The molecule has 12 rings (SSSR count). The van der Waals surface area contributed by atoms with Crippen molar-refractivity contribution in [1.82, 2.24) is 13.7 Å². The van der Waals surface area contributed by atoms with Crippen molar-refractivity contribution >= 4 is 72.8 Å². The van der Waals surface area contributed by atoms with Crippen LogP contribution in [0.1, 0.15) is 36.4 Å². The fourth-order valence-corrected chi connectivity index (χ4v) is 9.72. The van der Waals surface area contributed by atoms with Gasteiger partial charge in [0.15, 0.2) is 0 Å². The molecule has 0 saturated heterocycles. The highest BCUT2D eigenvalue weighted by molar-refractivity contribution is 6.09. The molecule has 0 N–H and O–H groups in total. The second kappa shape index (κ2) is 15.7. The Bertz CT molecular complexity index is 3350. The van der Waals surface area contributed by atoms with Gasteiger partial charge in [0.25, 0.3) is 0 Å². The van der Waals surface area contributed by atoms with Crippen LogP contribution >= 0.6 is 0 Å². The largest absolute Gasteiger partial charge is 0.313 e. The quantitative estimate of drug-likeness (QED) is 0.164. The van der Waals surface area contributed by atoms with E-state index in [0.29, 0.717) is 0 Å². The van der Waals surface area contributed by atoms with Crippen molar-refractivity contribution in [2.75, 3.05) is 4.90 Å². The molecule has 7 aromatic carbocycles. The van der Waals surface area contributed by atoms with Gasteiger partial charge in [-0.25, -0.2) is 0 Å². The van der Waals surface area contributed by atoms with E-state index >= 15 is 0 Å². The number of hydrogen-bond acceptors (Lipinski definition) is 1. The number of benzene rings is 7. The van der Waals surface area contributed by atoms with Crippen LogP contribution in [0.25, 0.3) is 72.8 Å². The Kier molecular flexibility index (Phi) is 9.39. The first-order chi connectivity index (χ1) is 30.8. The van der Waals surface area contributed by atoms with Gasteiger partial charge in [-0.3, -0.25) is 0 Å². The number of fused-ring (bicyclic) bond motifs is 9. The molecule has 3 heterocycles. The fraction of sp³-hybridized carbons (Fsp3) is 0.0690. The predicted molar refractivity (Wildman–Crippen MR) is 264 cm³/mol. The summed E-state index contributed by atoms with van der Waals surface area (Å²) in [6, 6.07) is 62.1. The van der Waals surface area contributed by atoms with Gasteiger partial charge in [-0.1, -0.05) is 129 Å². The minimum absolute atomic E-state index is 0.877. The molecule has 3 aromatic heterocycles. The predicted octanol–water partition coefficient (Wildman–Crippen LogP) is 15.4. The van der Waals surface area contributed by atoms with E-state index < -0.39 is 0 Å². The lowest BCUT2D eigenvalue weighted by Gasteiger charge is -2.26. The Morgan fingerprint density at radius 2 is 0.790 bits per heavy atom. The van der Waals surface area contributed by atoms with E-state index in [9.17, 15) is 0 Å². The minimum atomic E-state index is 0.877. The molecule has 0 aliphatic heterocycles. The molecule has 0 unspecified atom stereocenters. The molecular formula is C58H46N4. The summed E-state index contributed by atoms with van der Waals surface area (Å²) in [5.74, 6) is 0. The van der Waals surface area contributed by atoms with E-state index in [1.807, 2.05) is 13.8 Å². The topological polar surface area (TPSA) is 18.0 Å². The zero-order chi connectivity index (χ0) is 41.6. The van der Waals surface area contributed by atoms with Crippen LogP contribution in [0.3, 0.4) is 0 Å². The summed E-state index contributed by atoms with van der Waals surface area (Å²) in [6.07, 6.45) is 19.4. The lowest BCUT2D eigenvalue weighted by atomic mass is 10.1. The zero-order valence-corrected chi connectivity index (χ0v) is 35.0. The van der Waals surface area contributed by atoms with Gasteiger partial charge in [-0.05, 0) is 115 Å². The van der Waals surface area contributed by atoms with Crippen LogP contribution in [0.5, 0.6) is 0 Å². The van der Waals surface area contributed by atoms with Crippen LogP contribution in [0.4, 0.5) is 17.1 Å². The minimum Gasteiger partial charge on any atom is -0.313 e. The van der Waals surface area contributed by atoms with Gasteiger partial charge in [0.05, 0.1) is 27.8 Å². The molecular weight excluding hydrogens is 753 g/mol. The summed E-state index contributed by atoms with van der Waals surface area (Å²) in [5.41, 5.74) is 16.8. The molecule has 0 bridgehead atoms. The van der Waals surface area contributed by atoms with Crippen molar-refractivity contribution in [3.8, 4) is 17.1 Å². The van der Waals surface area contributed by atoms with Crippen molar-refractivity contribution < 1.29 is 0 Å². The smallest absolute Gasteiger partial charge is 0.0541 e. The lowest BCUT2D eigenvalue weighted by Crippen LogP contribution is -2.11. The molecule has 4 heteroatoms. The summed E-state index contributed by atoms with van der Waals surface area (Å²) in [6.45, 7) is 4.00. The van der Waals surface area contributed by atoms with E-state index in [2.05, 4.69) is 237 Å². The highest BCUT2D eigenvalue weighted by Crippen LogP contribution is 2.40. The molecule has 2 aliphatic carbocycles. The van der Waals surface area contributed by atoms with E-state index in [1.165, 1.54) is 66.1 Å². The second-order valence-corrected chi connectivity index (χ2v) is 15.7. The maximum absolute atomic E-state index is 2.43. The molecule has 0 spiro atoms. The Labute approximate surface area is 362 Å². The van der Waals surface area contributed by atoms with Gasteiger partial charge in [0.1, 0.15) is 0 Å². The Morgan fingerprint density at radius 3 is 1.35 bits per heavy atom. The highest BCUT2D eigenvalue weighted by atomic mass is 15.1. The number of anilines is 3. The third-order valence-corrected chi connectivity index (χ3v) is 12.4. The average Bonchev–Trinajstić information content (AvgIpc) is 3.75. The maximum Gasteiger partial charge on any atom is 0.0541 e. The van der Waals surface area contributed by atoms with Crippen LogP contribution in [-0.4, -0.2) is 13.7 Å². The molecule has 62 heavy (non-hydrogen) atoms. The van der Waals surface area contributed by atoms with Gasteiger partial charge in [0.2, 0.25) is 0 Å². The number of allylic oxidation sites excluding steroid dienone is 6. The van der Waals surface area contributed by atoms with Crippen molar-refractivity contribution in [1.29, 1.82) is 0 Å². The zero-order valence-electron chi connectivity index (χ0n) is 35.0. The van der Waals surface area contributed by atoms with Crippen LogP contribution in [0.15, 0.2) is 206 Å². The molecule has 0 saturated carbocycles. The van der Waals surface area contributed by atoms with E-state index in [0.717, 1.165) is 47.0 Å². The monoisotopic (exact) mass is 798 g/mol. The van der Waals surface area contributed by atoms with Crippen LogP contribution in [0, 0.1) is 0 Å². The molecule has 0 radical (unpaired) electrons. The number of rotatable bonds is 6. The first kappa shape index (κ1) is 37.2. The summed E-state index contributed by atoms with van der Waals surface area (Å²) >= 11 is 0. The third-order valence-electron chi connectivity index (χ3n) is 12.4. The summed E-state index contributed by atoms with van der Waals surface area (Å²) in [5, 5.41) is 5.10. The number of hydrogen-bond donors (Lipinski definition) is 0. The van der Waals surface area contributed by atoms with Crippen molar-refractivity contribution in [2.24, 2.45) is 0 Å². The normalized spacial score (nSPS) is 12.9. The molecule has 2 aliphatic rings. The van der Waals surface area contributed by atoms with E-state index in [-0.39, 0.29) is 0 Å². The van der Waals surface area contributed by atoms with Crippen molar-refractivity contribution in [2.45, 2.75) is 26.7 Å². The van der Waals surface area contributed by atoms with Gasteiger partial charge in [0, 0.05) is 73.3 Å².